The van der Waals surface area contributed by atoms with Crippen LogP contribution in [-0.4, -0.2) is 49.6 Å². The number of ether oxygens (including phenoxy) is 1. The maximum atomic E-state index is 9.19. The monoisotopic (exact) mass is 355 g/mol. The van der Waals surface area contributed by atoms with Crippen LogP contribution in [0.15, 0.2) is 29.8 Å². The second-order valence-corrected chi connectivity index (χ2v) is 7.69. The number of hydrogen-bond donors (Lipinski definition) is 0. The highest BCUT2D eigenvalue weighted by atomic mass is 32.1. The van der Waals surface area contributed by atoms with Crippen molar-refractivity contribution in [2.45, 2.75) is 12.8 Å². The van der Waals surface area contributed by atoms with Gasteiger partial charge in [-0.2, -0.15) is 5.26 Å². The smallest absolute Gasteiger partial charge is 0.208 e. The lowest BCUT2D eigenvalue weighted by molar-refractivity contribution is 0.0598. The first kappa shape index (κ1) is 16.3. The molecule has 2 aromatic rings. The quantitative estimate of drug-likeness (QED) is 0.825. The second-order valence-electron chi connectivity index (χ2n) is 6.88. The van der Waals surface area contributed by atoms with Gasteiger partial charge in [0.05, 0.1) is 24.8 Å². The fraction of sp³-hybridized carbons (Fsp3) is 0.500. The molecule has 25 heavy (non-hydrogen) atoms. The van der Waals surface area contributed by atoms with Gasteiger partial charge in [0, 0.05) is 37.3 Å². The molecule has 0 unspecified atom stereocenters. The molecule has 4 rings (SSSR count). The molecule has 0 N–H and O–H groups in total. The highest BCUT2D eigenvalue weighted by Crippen LogP contribution is 2.36. The van der Waals surface area contributed by atoms with Gasteiger partial charge in [-0.3, -0.25) is 0 Å². The van der Waals surface area contributed by atoms with Crippen LogP contribution in [0.25, 0.3) is 0 Å². The number of piperidine rings is 1. The molecule has 2 aliphatic rings. The van der Waals surface area contributed by atoms with Crippen LogP contribution in [0, 0.1) is 16.7 Å². The van der Waals surface area contributed by atoms with Gasteiger partial charge in [-0.15, -0.1) is 10.2 Å². The number of nitriles is 1. The van der Waals surface area contributed by atoms with E-state index in [1.165, 1.54) is 0 Å². The van der Waals surface area contributed by atoms with Gasteiger partial charge < -0.3 is 14.5 Å². The molecular weight excluding hydrogens is 334 g/mol. The highest BCUT2D eigenvalue weighted by molar-refractivity contribution is 7.13. The van der Waals surface area contributed by atoms with Crippen LogP contribution >= 0.6 is 11.3 Å². The molecule has 2 fully saturated rings. The number of benzene rings is 1. The van der Waals surface area contributed by atoms with Crippen LogP contribution in [-0.2, 0) is 4.74 Å². The zero-order chi connectivity index (χ0) is 17.1. The van der Waals surface area contributed by atoms with E-state index in [1.54, 1.807) is 16.8 Å². The maximum absolute atomic E-state index is 9.19. The molecular formula is C18H21N5OS. The van der Waals surface area contributed by atoms with Crippen molar-refractivity contribution in [1.82, 2.24) is 10.2 Å². The minimum absolute atomic E-state index is 0.0864. The third kappa shape index (κ3) is 3.46. The van der Waals surface area contributed by atoms with E-state index in [-0.39, 0.29) is 5.41 Å². The van der Waals surface area contributed by atoms with Gasteiger partial charge in [0.2, 0.25) is 5.13 Å². The minimum atomic E-state index is 0.0864. The number of hydrogen-bond acceptors (Lipinski definition) is 7. The Bertz CT molecular complexity index is 759. The summed E-state index contributed by atoms with van der Waals surface area (Å²) in [6, 6.07) is 10.1. The van der Waals surface area contributed by atoms with Crippen LogP contribution in [0.4, 0.5) is 10.8 Å². The Morgan fingerprint density at radius 1 is 1.24 bits per heavy atom. The Morgan fingerprint density at radius 3 is 3.00 bits per heavy atom. The molecule has 0 bridgehead atoms. The van der Waals surface area contributed by atoms with Crippen molar-refractivity contribution in [3.63, 3.8) is 0 Å². The lowest BCUT2D eigenvalue weighted by Gasteiger charge is -2.43. The molecule has 1 aromatic heterocycles. The molecule has 7 heteroatoms. The van der Waals surface area contributed by atoms with Gasteiger partial charge >= 0.3 is 0 Å². The summed E-state index contributed by atoms with van der Waals surface area (Å²) in [5, 5.41) is 18.4. The number of rotatable bonds is 2. The van der Waals surface area contributed by atoms with Crippen molar-refractivity contribution in [1.29, 1.82) is 5.26 Å². The third-order valence-corrected chi connectivity index (χ3v) is 5.81. The topological polar surface area (TPSA) is 65.3 Å². The number of aromatic nitrogens is 2. The van der Waals surface area contributed by atoms with Gasteiger partial charge in [-0.1, -0.05) is 17.4 Å². The van der Waals surface area contributed by atoms with Crippen LogP contribution in [0.2, 0.25) is 0 Å². The van der Waals surface area contributed by atoms with Crippen LogP contribution in [0.3, 0.4) is 0 Å². The predicted octanol–water partition coefficient (Wildman–Crippen LogP) is 2.53. The average Bonchev–Trinajstić information content (AvgIpc) is 3.12. The third-order valence-electron chi connectivity index (χ3n) is 5.06. The summed E-state index contributed by atoms with van der Waals surface area (Å²) in [6.07, 6.45) is 2.28. The van der Waals surface area contributed by atoms with Gasteiger partial charge in [0.1, 0.15) is 5.51 Å². The van der Waals surface area contributed by atoms with E-state index < -0.39 is 0 Å². The zero-order valence-electron chi connectivity index (χ0n) is 14.1. The molecule has 0 aliphatic carbocycles. The highest BCUT2D eigenvalue weighted by Gasteiger charge is 2.39. The second kappa shape index (κ2) is 6.98. The van der Waals surface area contributed by atoms with Gasteiger partial charge in [-0.25, -0.2) is 0 Å². The zero-order valence-corrected chi connectivity index (χ0v) is 14.9. The Kier molecular flexibility index (Phi) is 4.55. The van der Waals surface area contributed by atoms with Crippen molar-refractivity contribution in [3.8, 4) is 6.07 Å². The molecule has 1 aromatic carbocycles. The summed E-state index contributed by atoms with van der Waals surface area (Å²) >= 11 is 1.60. The fourth-order valence-corrected chi connectivity index (χ4v) is 4.50. The summed E-state index contributed by atoms with van der Waals surface area (Å²) in [5.74, 6) is 0. The minimum Gasteiger partial charge on any atom is -0.379 e. The number of anilines is 2. The number of nitrogens with zero attached hydrogens (tertiary/aromatic N) is 5. The summed E-state index contributed by atoms with van der Waals surface area (Å²) in [5.41, 5.74) is 3.69. The molecule has 0 saturated carbocycles. The van der Waals surface area contributed by atoms with Crippen LogP contribution < -0.4 is 9.80 Å². The first-order chi connectivity index (χ1) is 12.3. The summed E-state index contributed by atoms with van der Waals surface area (Å²) in [6.45, 7) is 5.26. The van der Waals surface area contributed by atoms with E-state index in [9.17, 15) is 5.26 Å². The summed E-state index contributed by atoms with van der Waals surface area (Å²) in [7, 11) is 0. The van der Waals surface area contributed by atoms with Crippen molar-refractivity contribution >= 4 is 22.2 Å². The summed E-state index contributed by atoms with van der Waals surface area (Å²) in [4.78, 5) is 4.72. The van der Waals surface area contributed by atoms with Crippen molar-refractivity contribution < 1.29 is 4.74 Å². The van der Waals surface area contributed by atoms with Crippen molar-refractivity contribution in [2.24, 2.45) is 5.41 Å². The van der Waals surface area contributed by atoms with Gasteiger partial charge in [-0.05, 0) is 31.0 Å². The molecule has 3 heterocycles. The predicted molar refractivity (Wildman–Crippen MR) is 98.0 cm³/mol. The van der Waals surface area contributed by atoms with E-state index in [1.807, 2.05) is 18.2 Å². The normalized spacial score (nSPS) is 24.1. The molecule has 1 spiro atoms. The lowest BCUT2D eigenvalue weighted by atomic mass is 9.80. The van der Waals surface area contributed by atoms with Crippen molar-refractivity contribution in [3.05, 3.63) is 35.3 Å². The molecule has 2 saturated heterocycles. The van der Waals surface area contributed by atoms with E-state index >= 15 is 0 Å². The Labute approximate surface area is 151 Å². The Balaban J connectivity index is 1.57. The molecule has 130 valence electrons. The summed E-state index contributed by atoms with van der Waals surface area (Å²) < 4.78 is 6.00. The van der Waals surface area contributed by atoms with E-state index in [2.05, 4.69) is 32.1 Å². The molecule has 6 nitrogen and oxygen atoms in total. The molecule has 0 radical (unpaired) electrons. The van der Waals surface area contributed by atoms with Gasteiger partial charge in [0.15, 0.2) is 0 Å². The standard InChI is InChI=1S/C18H21N5OS/c19-10-15-3-1-4-16(9-15)22-7-8-24-13-18(11-22)5-2-6-23(12-18)17-21-20-14-25-17/h1,3-4,9,14H,2,5-8,11-13H2/t18-/m0/s1. The average molecular weight is 355 g/mol. The van der Waals surface area contributed by atoms with E-state index in [4.69, 9.17) is 4.74 Å². The first-order valence-corrected chi connectivity index (χ1v) is 9.50. The molecule has 2 aliphatic heterocycles. The first-order valence-electron chi connectivity index (χ1n) is 8.62. The Morgan fingerprint density at radius 2 is 2.16 bits per heavy atom. The SMILES string of the molecule is N#Cc1cccc(N2CCOC[C@@]3(CCCN(c4nncs4)C3)C2)c1. The van der Waals surface area contributed by atoms with E-state index in [0.29, 0.717) is 5.56 Å². The molecule has 1 atom stereocenters. The largest absolute Gasteiger partial charge is 0.379 e. The fourth-order valence-electron chi connectivity index (χ4n) is 3.91. The van der Waals surface area contributed by atoms with Crippen LogP contribution in [0.5, 0.6) is 0 Å². The molecule has 0 amide bonds. The van der Waals surface area contributed by atoms with Crippen LogP contribution in [0.1, 0.15) is 18.4 Å². The Hall–Kier alpha value is -2.17. The van der Waals surface area contributed by atoms with E-state index in [0.717, 1.165) is 63.1 Å². The lowest BCUT2D eigenvalue weighted by Crippen LogP contribution is -2.50. The van der Waals surface area contributed by atoms with Gasteiger partial charge in [0.25, 0.3) is 0 Å². The van der Waals surface area contributed by atoms with Crippen molar-refractivity contribution in [2.75, 3.05) is 49.2 Å². The maximum Gasteiger partial charge on any atom is 0.208 e.